The Hall–Kier alpha value is -15.2. The van der Waals surface area contributed by atoms with Crippen molar-refractivity contribution in [2.24, 2.45) is 71.0 Å². The largest absolute Gasteiger partial charge is 0.453 e. The van der Waals surface area contributed by atoms with Gasteiger partial charge in [0.05, 0.1) is 57.6 Å². The lowest BCUT2D eigenvalue weighted by Gasteiger charge is -2.62. The number of ether oxygens (including phenoxy) is 1. The van der Waals surface area contributed by atoms with Gasteiger partial charge in [0.2, 0.25) is 0 Å². The highest BCUT2D eigenvalue weighted by Gasteiger charge is 2.62. The Morgan fingerprint density at radius 2 is 0.531 bits per heavy atom. The molecule has 12 aliphatic carbocycles. The average molecular weight is 1860 g/mol. The van der Waals surface area contributed by atoms with Gasteiger partial charge in [-0.15, -0.1) is 0 Å². The van der Waals surface area contributed by atoms with E-state index in [2.05, 4.69) is 391 Å². The summed E-state index contributed by atoms with van der Waals surface area (Å²) in [6, 6.07) is 158. The number of benzene rings is 18. The Bertz CT molecular complexity index is 7700. The number of anilines is 9. The maximum absolute atomic E-state index is 9.46. The first-order valence-electron chi connectivity index (χ1n) is 52.2. The van der Waals surface area contributed by atoms with Crippen molar-refractivity contribution in [2.75, 3.05) is 14.7 Å². The van der Waals surface area contributed by atoms with Gasteiger partial charge < -0.3 is 19.4 Å². The SMILES string of the molecule is N#Cc1cccc(-c2ccc3cc(C4(c5ccc(N(c6ccccc6)c6ccccc6)cc5)C5CC6CC(C5)CC4C6)ccc3c2)c1.N#Cc1cccc(-c2ccc3cc(C4(c5ccc6c(c5)Oc5ccccc5N6c5ccccc5)C5CC6CC(C5)CC4C6)ccc3c2)c1.N#Cc1cccc(-c2ccc3cc(C4(c5ccc6c(c5)Sc5ccccc5N6c5ccccc5)C5CC6CC(C5)CC4C6)ccc3c2)c1. The van der Waals surface area contributed by atoms with Crippen molar-refractivity contribution < 1.29 is 4.74 Å². The monoisotopic (exact) mass is 1860 g/mol. The molecule has 14 aliphatic rings. The van der Waals surface area contributed by atoms with Crippen LogP contribution in [0.15, 0.2) is 422 Å². The van der Waals surface area contributed by atoms with Crippen molar-refractivity contribution in [2.45, 2.75) is 122 Å². The molecule has 0 radical (unpaired) electrons. The van der Waals surface area contributed by atoms with Crippen molar-refractivity contribution in [1.82, 2.24) is 0 Å². The summed E-state index contributed by atoms with van der Waals surface area (Å²) in [5, 5.41) is 36.0. The second-order valence-corrected chi connectivity index (χ2v) is 44.4. The standard InChI is InChI=1S/C45H36N2O.C45H36N2S.C45H38N2/c2*46-28-29-7-6-8-32(20-29)33-13-14-35-26-36(16-15-34(35)25-33)45(38-21-30-19-31(23-38)24-39(45)22-30)37-17-18-42-44(27-37)48-43-12-5-4-11-41(43)47(42)40-9-2-1-3-10-40;46-30-31-8-7-9-34(23-31)35-14-15-37-29-39(17-16-36(37)28-35)45(40-24-32-22-33(26-40)27-41(45)25-32)38-18-20-44(21-19-38)47(42-10-3-1-4-11-42)43-12-5-2-6-13-43/h2*1-18,20,25-27,30-31,38-39H,19,21-24H2;1-21,23,28-29,32-33,40-41H,22,24-27H2. The fourth-order valence-electron chi connectivity index (χ4n) is 30.7. The summed E-state index contributed by atoms with van der Waals surface area (Å²) in [7, 11) is 0. The molecule has 12 fully saturated rings. The Kier molecular flexibility index (Phi) is 21.5. The predicted octanol–water partition coefficient (Wildman–Crippen LogP) is 35.3. The summed E-state index contributed by atoms with van der Waals surface area (Å²) < 4.78 is 6.77. The van der Waals surface area contributed by atoms with Gasteiger partial charge in [-0.05, 0) is 430 Å². The van der Waals surface area contributed by atoms with Crippen molar-refractivity contribution >= 4 is 95.3 Å². The Labute approximate surface area is 843 Å². The fraction of sp³-hybridized carbons (Fsp3) is 0.222. The molecule has 0 spiro atoms. The zero-order chi connectivity index (χ0) is 95.0. The molecular formula is C135H110N6OS. The van der Waals surface area contributed by atoms with E-state index in [1.807, 2.05) is 66.4 Å². The van der Waals surface area contributed by atoms with E-state index in [-0.39, 0.29) is 16.2 Å². The van der Waals surface area contributed by atoms with Crippen LogP contribution in [0.2, 0.25) is 0 Å². The minimum Gasteiger partial charge on any atom is -0.453 e. The molecule has 143 heavy (non-hydrogen) atoms. The lowest BCUT2D eigenvalue weighted by Crippen LogP contribution is -2.56. The van der Waals surface area contributed by atoms with Gasteiger partial charge in [0.25, 0.3) is 0 Å². The van der Waals surface area contributed by atoms with Crippen LogP contribution < -0.4 is 19.4 Å². The van der Waals surface area contributed by atoms with Gasteiger partial charge in [-0.1, -0.05) is 260 Å². The average Bonchev–Trinajstić information content (AvgIpc) is 0.710. The number of rotatable bonds is 14. The van der Waals surface area contributed by atoms with Crippen molar-refractivity contribution in [3.63, 3.8) is 0 Å². The van der Waals surface area contributed by atoms with Crippen LogP contribution >= 0.6 is 11.8 Å². The van der Waals surface area contributed by atoms with Crippen LogP contribution in [-0.4, -0.2) is 0 Å². The predicted molar refractivity (Wildman–Crippen MR) is 583 cm³/mol. The second kappa shape index (κ2) is 35.5. The smallest absolute Gasteiger partial charge is 0.151 e. The molecule has 0 aromatic heterocycles. The lowest BCUT2D eigenvalue weighted by molar-refractivity contribution is -0.0418. The zero-order valence-corrected chi connectivity index (χ0v) is 81.1. The van der Waals surface area contributed by atoms with Gasteiger partial charge in [0, 0.05) is 54.5 Å². The molecule has 7 nitrogen and oxygen atoms in total. The molecule has 12 bridgehead atoms. The van der Waals surface area contributed by atoms with Gasteiger partial charge >= 0.3 is 0 Å². The molecule has 0 unspecified atom stereocenters. The van der Waals surface area contributed by atoms with E-state index in [0.29, 0.717) is 52.2 Å². The minimum atomic E-state index is -0.0473. The minimum absolute atomic E-state index is 0.0194. The summed E-state index contributed by atoms with van der Waals surface area (Å²) in [6.45, 7) is 0. The van der Waals surface area contributed by atoms with Crippen LogP contribution in [0.5, 0.6) is 11.5 Å². The molecular weight excluding hydrogens is 1750 g/mol. The topological polar surface area (TPSA) is 90.3 Å². The number of nitrogens with zero attached hydrogens (tertiary/aromatic N) is 6. The van der Waals surface area contributed by atoms with Crippen LogP contribution in [-0.2, 0) is 16.2 Å². The molecule has 18 aromatic carbocycles. The molecule has 2 heterocycles. The van der Waals surface area contributed by atoms with Crippen LogP contribution in [0, 0.1) is 105 Å². The van der Waals surface area contributed by atoms with Crippen LogP contribution in [0.4, 0.5) is 51.2 Å². The van der Waals surface area contributed by atoms with E-state index >= 15 is 0 Å². The third-order valence-corrected chi connectivity index (χ3v) is 37.0. The van der Waals surface area contributed by atoms with Gasteiger partial charge in [-0.2, -0.15) is 15.8 Å². The first kappa shape index (κ1) is 86.8. The number of fused-ring (bicyclic) bond motifs is 7. The van der Waals surface area contributed by atoms with E-state index in [1.54, 1.807) is 0 Å². The van der Waals surface area contributed by atoms with Gasteiger partial charge in [-0.25, -0.2) is 0 Å². The molecule has 0 N–H and O–H groups in total. The maximum Gasteiger partial charge on any atom is 0.151 e. The Morgan fingerprint density at radius 1 is 0.231 bits per heavy atom. The van der Waals surface area contributed by atoms with Crippen LogP contribution in [0.25, 0.3) is 65.7 Å². The fourth-order valence-corrected chi connectivity index (χ4v) is 31.8. The second-order valence-electron chi connectivity index (χ2n) is 43.3. The highest BCUT2D eigenvalue weighted by molar-refractivity contribution is 7.99. The summed E-state index contributed by atoms with van der Waals surface area (Å²) in [5.41, 5.74) is 28.3. The van der Waals surface area contributed by atoms with E-state index < -0.39 is 0 Å². The first-order valence-corrected chi connectivity index (χ1v) is 53.0. The molecule has 0 atom stereocenters. The summed E-state index contributed by atoms with van der Waals surface area (Å²) >= 11 is 1.93. The third-order valence-electron chi connectivity index (χ3n) is 35.9. The van der Waals surface area contributed by atoms with Gasteiger partial charge in [0.1, 0.15) is 0 Å². The summed E-state index contributed by atoms with van der Waals surface area (Å²) in [5.74, 6) is 11.1. The molecule has 8 heteroatoms. The Balaban J connectivity index is 0.000000107. The normalized spacial score (nSPS) is 24.7. The van der Waals surface area contributed by atoms with E-state index in [1.165, 1.54) is 206 Å². The van der Waals surface area contributed by atoms with Crippen molar-refractivity contribution in [3.05, 3.63) is 463 Å². The molecule has 2 aliphatic heterocycles. The van der Waals surface area contributed by atoms with Crippen molar-refractivity contribution in [3.8, 4) is 63.1 Å². The zero-order valence-electron chi connectivity index (χ0n) is 80.3. The molecule has 0 amide bonds. The van der Waals surface area contributed by atoms with E-state index in [9.17, 15) is 15.8 Å². The molecule has 12 saturated carbocycles. The number of nitriles is 3. The van der Waals surface area contributed by atoms with E-state index in [4.69, 9.17) is 4.74 Å². The Morgan fingerprint density at radius 3 is 0.951 bits per heavy atom. The number of hydrogen-bond donors (Lipinski definition) is 0. The number of para-hydroxylation sites is 7. The highest BCUT2D eigenvalue weighted by Crippen LogP contribution is 2.71. The van der Waals surface area contributed by atoms with Gasteiger partial charge in [0.15, 0.2) is 11.5 Å². The molecule has 692 valence electrons. The molecule has 0 saturated heterocycles. The van der Waals surface area contributed by atoms with Crippen LogP contribution in [0.1, 0.15) is 146 Å². The van der Waals surface area contributed by atoms with Crippen LogP contribution in [0.3, 0.4) is 0 Å². The number of hydrogen-bond acceptors (Lipinski definition) is 8. The summed E-state index contributed by atoms with van der Waals surface area (Å²) in [4.78, 5) is 9.84. The lowest BCUT2D eigenvalue weighted by atomic mass is 9.42. The molecule has 32 rings (SSSR count). The highest BCUT2D eigenvalue weighted by atomic mass is 32.2. The van der Waals surface area contributed by atoms with E-state index in [0.717, 1.165) is 97.4 Å². The maximum atomic E-state index is 9.46. The van der Waals surface area contributed by atoms with Gasteiger partial charge in [-0.3, -0.25) is 0 Å². The third kappa shape index (κ3) is 14.8. The van der Waals surface area contributed by atoms with Crippen molar-refractivity contribution in [1.29, 1.82) is 15.8 Å². The summed E-state index contributed by atoms with van der Waals surface area (Å²) in [6.07, 6.45) is 20.4. The quantitative estimate of drug-likeness (QED) is 0.106. The first-order chi connectivity index (χ1) is 70.5. The molecule has 18 aromatic rings.